The van der Waals surface area contributed by atoms with Crippen molar-refractivity contribution in [3.05, 3.63) is 71.7 Å². The zero-order valence-corrected chi connectivity index (χ0v) is 11.5. The van der Waals surface area contributed by atoms with Crippen molar-refractivity contribution in [3.8, 4) is 0 Å². The summed E-state index contributed by atoms with van der Waals surface area (Å²) < 4.78 is 0. The Labute approximate surface area is 118 Å². The van der Waals surface area contributed by atoms with Gasteiger partial charge in [0.2, 0.25) is 0 Å². The number of nitrogens with zero attached hydrogens (tertiary/aromatic N) is 2. The smallest absolute Gasteiger partial charge is 0.0708 e. The molecule has 2 aromatic heterocycles. The maximum Gasteiger partial charge on any atom is 0.0708 e. The topological polar surface area (TPSA) is 51.8 Å². The molecule has 0 saturated carbocycles. The molecule has 3 aromatic rings. The second-order valence-electron chi connectivity index (χ2n) is 5.05. The monoisotopic (exact) mass is 263 g/mol. The summed E-state index contributed by atoms with van der Waals surface area (Å²) in [6.07, 6.45) is 4.37. The predicted molar refractivity (Wildman–Crippen MR) is 81.3 cm³/mol. The fourth-order valence-electron chi connectivity index (χ4n) is 2.44. The van der Waals surface area contributed by atoms with Crippen LogP contribution in [-0.2, 0) is 6.42 Å². The van der Waals surface area contributed by atoms with Gasteiger partial charge in [0.1, 0.15) is 0 Å². The van der Waals surface area contributed by atoms with Gasteiger partial charge >= 0.3 is 0 Å². The van der Waals surface area contributed by atoms with Crippen LogP contribution >= 0.6 is 0 Å². The molecule has 20 heavy (non-hydrogen) atoms. The van der Waals surface area contributed by atoms with Crippen molar-refractivity contribution in [2.75, 3.05) is 0 Å². The molecule has 2 heterocycles. The van der Waals surface area contributed by atoms with Crippen molar-refractivity contribution in [2.24, 2.45) is 5.73 Å². The van der Waals surface area contributed by atoms with Crippen molar-refractivity contribution >= 4 is 10.9 Å². The first-order valence-electron chi connectivity index (χ1n) is 6.75. The SMILES string of the molecule is Cc1cc(C(N)Cc2cccnc2)nc2ccccc12. The quantitative estimate of drug-likeness (QED) is 0.789. The van der Waals surface area contributed by atoms with Crippen LogP contribution in [0.5, 0.6) is 0 Å². The maximum atomic E-state index is 6.30. The lowest BCUT2D eigenvalue weighted by molar-refractivity contribution is 0.697. The highest BCUT2D eigenvalue weighted by Crippen LogP contribution is 2.21. The van der Waals surface area contributed by atoms with Crippen molar-refractivity contribution in [2.45, 2.75) is 19.4 Å². The van der Waals surface area contributed by atoms with Crippen LogP contribution in [0.15, 0.2) is 54.9 Å². The number of hydrogen-bond donors (Lipinski definition) is 1. The maximum absolute atomic E-state index is 6.30. The summed E-state index contributed by atoms with van der Waals surface area (Å²) in [6, 6.07) is 14.1. The molecule has 0 fully saturated rings. The van der Waals surface area contributed by atoms with Gasteiger partial charge in [-0.25, -0.2) is 0 Å². The number of fused-ring (bicyclic) bond motifs is 1. The van der Waals surface area contributed by atoms with E-state index in [-0.39, 0.29) is 6.04 Å². The summed E-state index contributed by atoms with van der Waals surface area (Å²) >= 11 is 0. The Hall–Kier alpha value is -2.26. The summed E-state index contributed by atoms with van der Waals surface area (Å²) in [6.45, 7) is 2.10. The number of benzene rings is 1. The summed E-state index contributed by atoms with van der Waals surface area (Å²) in [5, 5.41) is 1.19. The van der Waals surface area contributed by atoms with E-state index in [0.717, 1.165) is 23.2 Å². The summed E-state index contributed by atoms with van der Waals surface area (Å²) in [5.74, 6) is 0. The third-order valence-corrected chi connectivity index (χ3v) is 3.50. The number of pyridine rings is 2. The van der Waals surface area contributed by atoms with Crippen LogP contribution in [0.3, 0.4) is 0 Å². The highest BCUT2D eigenvalue weighted by atomic mass is 14.8. The molecule has 1 atom stereocenters. The average Bonchev–Trinajstić information content (AvgIpc) is 2.48. The molecule has 100 valence electrons. The van der Waals surface area contributed by atoms with Gasteiger partial charge in [-0.2, -0.15) is 0 Å². The molecule has 1 aromatic carbocycles. The van der Waals surface area contributed by atoms with E-state index in [1.54, 1.807) is 6.20 Å². The van der Waals surface area contributed by atoms with Crippen LogP contribution in [0.1, 0.15) is 22.9 Å². The molecule has 3 rings (SSSR count). The number of hydrogen-bond acceptors (Lipinski definition) is 3. The minimum atomic E-state index is -0.109. The van der Waals surface area contributed by atoms with Gasteiger partial charge in [0.05, 0.1) is 17.3 Å². The van der Waals surface area contributed by atoms with E-state index in [2.05, 4.69) is 29.0 Å². The predicted octanol–water partition coefficient (Wildman–Crippen LogP) is 3.18. The van der Waals surface area contributed by atoms with E-state index in [0.29, 0.717) is 0 Å². The number of aryl methyl sites for hydroxylation is 1. The molecule has 0 aliphatic heterocycles. The Morgan fingerprint density at radius 3 is 2.80 bits per heavy atom. The fourth-order valence-corrected chi connectivity index (χ4v) is 2.44. The molecule has 0 spiro atoms. The zero-order valence-electron chi connectivity index (χ0n) is 11.5. The molecule has 0 saturated heterocycles. The molecule has 3 heteroatoms. The number of rotatable bonds is 3. The average molecular weight is 263 g/mol. The highest BCUT2D eigenvalue weighted by molar-refractivity contribution is 5.82. The van der Waals surface area contributed by atoms with E-state index in [1.165, 1.54) is 10.9 Å². The Morgan fingerprint density at radius 1 is 1.15 bits per heavy atom. The molecule has 2 N–H and O–H groups in total. The van der Waals surface area contributed by atoms with Crippen LogP contribution in [-0.4, -0.2) is 9.97 Å². The van der Waals surface area contributed by atoms with Crippen LogP contribution in [0.2, 0.25) is 0 Å². The number of aromatic nitrogens is 2. The summed E-state index contributed by atoms with van der Waals surface area (Å²) in [4.78, 5) is 8.81. The lowest BCUT2D eigenvalue weighted by Crippen LogP contribution is -2.15. The molecule has 1 unspecified atom stereocenters. The highest BCUT2D eigenvalue weighted by Gasteiger charge is 2.11. The van der Waals surface area contributed by atoms with Gasteiger partial charge in [-0.15, -0.1) is 0 Å². The molecular formula is C17H17N3. The molecule has 3 nitrogen and oxygen atoms in total. The normalized spacial score (nSPS) is 12.5. The third kappa shape index (κ3) is 2.53. The lowest BCUT2D eigenvalue weighted by Gasteiger charge is -2.13. The molecule has 0 aliphatic rings. The van der Waals surface area contributed by atoms with Crippen molar-refractivity contribution < 1.29 is 0 Å². The summed E-state index contributed by atoms with van der Waals surface area (Å²) in [5.41, 5.74) is 10.6. The van der Waals surface area contributed by atoms with Gasteiger partial charge in [-0.1, -0.05) is 24.3 Å². The molecule has 0 bridgehead atoms. The second kappa shape index (κ2) is 5.39. The van der Waals surface area contributed by atoms with E-state index in [1.807, 2.05) is 36.5 Å². The van der Waals surface area contributed by atoms with E-state index in [9.17, 15) is 0 Å². The van der Waals surface area contributed by atoms with Crippen LogP contribution in [0.25, 0.3) is 10.9 Å². The largest absolute Gasteiger partial charge is 0.322 e. The fraction of sp³-hybridized carbons (Fsp3) is 0.176. The Balaban J connectivity index is 1.93. The molecule has 0 radical (unpaired) electrons. The molecular weight excluding hydrogens is 246 g/mol. The molecule has 0 aliphatic carbocycles. The Morgan fingerprint density at radius 2 is 2.00 bits per heavy atom. The van der Waals surface area contributed by atoms with Crippen LogP contribution in [0.4, 0.5) is 0 Å². The van der Waals surface area contributed by atoms with E-state index in [4.69, 9.17) is 5.73 Å². The number of para-hydroxylation sites is 1. The summed E-state index contributed by atoms with van der Waals surface area (Å²) in [7, 11) is 0. The van der Waals surface area contributed by atoms with Gasteiger partial charge in [-0.3, -0.25) is 9.97 Å². The molecule has 0 amide bonds. The minimum Gasteiger partial charge on any atom is -0.322 e. The van der Waals surface area contributed by atoms with Gasteiger partial charge in [0.15, 0.2) is 0 Å². The van der Waals surface area contributed by atoms with Crippen molar-refractivity contribution in [1.82, 2.24) is 9.97 Å². The van der Waals surface area contributed by atoms with Gasteiger partial charge < -0.3 is 5.73 Å². The first kappa shape index (κ1) is 12.8. The van der Waals surface area contributed by atoms with E-state index < -0.39 is 0 Å². The first-order valence-corrected chi connectivity index (χ1v) is 6.75. The van der Waals surface area contributed by atoms with E-state index >= 15 is 0 Å². The van der Waals surface area contributed by atoms with Crippen molar-refractivity contribution in [1.29, 1.82) is 0 Å². The number of nitrogens with two attached hydrogens (primary N) is 1. The van der Waals surface area contributed by atoms with Crippen LogP contribution < -0.4 is 5.73 Å². The second-order valence-corrected chi connectivity index (χ2v) is 5.05. The minimum absolute atomic E-state index is 0.109. The van der Waals surface area contributed by atoms with Gasteiger partial charge in [-0.05, 0) is 42.7 Å². The van der Waals surface area contributed by atoms with Gasteiger partial charge in [0.25, 0.3) is 0 Å². The van der Waals surface area contributed by atoms with Crippen LogP contribution in [0, 0.1) is 6.92 Å². The van der Waals surface area contributed by atoms with Crippen molar-refractivity contribution in [3.63, 3.8) is 0 Å². The zero-order chi connectivity index (χ0) is 13.9. The van der Waals surface area contributed by atoms with Gasteiger partial charge in [0, 0.05) is 17.8 Å². The third-order valence-electron chi connectivity index (χ3n) is 3.50. The Bertz CT molecular complexity index is 723. The Kier molecular flexibility index (Phi) is 3.44. The lowest BCUT2D eigenvalue weighted by atomic mass is 10.0. The standard InChI is InChI=1S/C17H17N3/c1-12-9-17(20-16-7-3-2-6-14(12)16)15(18)10-13-5-4-8-19-11-13/h2-9,11,15H,10,18H2,1H3. The first-order chi connectivity index (χ1) is 9.74.